The zero-order valence-electron chi connectivity index (χ0n) is 24.2. The lowest BCUT2D eigenvalue weighted by Crippen LogP contribution is -2.43. The molecule has 2 aromatic heterocycles. The van der Waals surface area contributed by atoms with Gasteiger partial charge in [0.1, 0.15) is 30.4 Å². The number of fused-ring (bicyclic) bond motifs is 1. The van der Waals surface area contributed by atoms with E-state index in [2.05, 4.69) is 20.3 Å². The van der Waals surface area contributed by atoms with Gasteiger partial charge in [-0.1, -0.05) is 11.6 Å². The van der Waals surface area contributed by atoms with E-state index in [0.717, 1.165) is 25.5 Å². The summed E-state index contributed by atoms with van der Waals surface area (Å²) >= 11 is 6.71. The van der Waals surface area contributed by atoms with Crippen LogP contribution in [0.2, 0.25) is 5.02 Å². The number of nitrogens with zero attached hydrogens (tertiary/aromatic N) is 5. The zero-order valence-corrected chi connectivity index (χ0v) is 25.0. The van der Waals surface area contributed by atoms with Crippen molar-refractivity contribution in [2.24, 2.45) is 0 Å². The molecule has 3 fully saturated rings. The van der Waals surface area contributed by atoms with Gasteiger partial charge in [-0.2, -0.15) is 23.1 Å². The fourth-order valence-corrected chi connectivity index (χ4v) is 7.69. The van der Waals surface area contributed by atoms with E-state index in [1.165, 1.54) is 6.92 Å². The van der Waals surface area contributed by atoms with Crippen LogP contribution in [0.4, 0.5) is 38.0 Å². The Labute approximate surface area is 259 Å². The highest BCUT2D eigenvalue weighted by molar-refractivity contribution is 6.36. The summed E-state index contributed by atoms with van der Waals surface area (Å²) < 4.78 is 101. The average Bonchev–Trinajstić information content (AvgIpc) is 3.62. The maximum Gasteiger partial charge on any atom is 0.418 e. The van der Waals surface area contributed by atoms with Crippen LogP contribution in [-0.2, 0) is 6.18 Å². The number of nitrogens with one attached hydrogen (secondary N) is 1. The minimum Gasteiger partial charge on any atom is -0.489 e. The van der Waals surface area contributed by atoms with Crippen LogP contribution in [0.3, 0.4) is 0 Å². The smallest absolute Gasteiger partial charge is 0.418 e. The molecule has 0 saturated carbocycles. The predicted molar refractivity (Wildman–Crippen MR) is 155 cm³/mol. The van der Waals surface area contributed by atoms with Crippen LogP contribution in [0.25, 0.3) is 22.2 Å². The molecule has 242 valence electrons. The quantitative estimate of drug-likeness (QED) is 0.358. The lowest BCUT2D eigenvalue weighted by atomic mass is 9.94. The highest BCUT2D eigenvalue weighted by atomic mass is 35.5. The monoisotopic (exact) mass is 657 g/mol. The van der Waals surface area contributed by atoms with Crippen molar-refractivity contribution >= 4 is 34.1 Å². The molecule has 3 aromatic rings. The molecule has 0 radical (unpaired) electrons. The number of aromatic nitrogens is 3. The Bertz CT molecular complexity index is 1690. The summed E-state index contributed by atoms with van der Waals surface area (Å²) in [5, 5.41) is 2.92. The number of benzene rings is 1. The first-order valence-electron chi connectivity index (χ1n) is 14.7. The van der Waals surface area contributed by atoms with Crippen molar-refractivity contribution < 1.29 is 35.8 Å². The van der Waals surface area contributed by atoms with Gasteiger partial charge in [-0.15, -0.1) is 0 Å². The maximum absolute atomic E-state index is 16.8. The van der Waals surface area contributed by atoms with Gasteiger partial charge in [0, 0.05) is 19.0 Å². The topological polar surface area (TPSA) is 102 Å². The van der Waals surface area contributed by atoms with Gasteiger partial charge < -0.3 is 25.4 Å². The van der Waals surface area contributed by atoms with Gasteiger partial charge in [0.25, 0.3) is 5.92 Å². The number of ether oxygens (including phenoxy) is 2. The molecule has 7 rings (SSSR count). The molecule has 0 amide bonds. The van der Waals surface area contributed by atoms with E-state index < -0.39 is 57.2 Å². The first-order valence-corrected chi connectivity index (χ1v) is 15.1. The van der Waals surface area contributed by atoms with Gasteiger partial charge in [-0.3, -0.25) is 4.90 Å². The molecule has 1 aromatic carbocycles. The number of aryl methyl sites for hydroxylation is 1. The second-order valence-electron chi connectivity index (χ2n) is 12.2. The summed E-state index contributed by atoms with van der Waals surface area (Å²) in [6.45, 7) is 2.83. The average molecular weight is 658 g/mol. The molecule has 3 saturated heterocycles. The summed E-state index contributed by atoms with van der Waals surface area (Å²) in [6, 6.07) is 0.681. The van der Waals surface area contributed by atoms with Crippen molar-refractivity contribution in [2.45, 2.75) is 56.3 Å². The molecular formula is C29H30ClF6N7O2. The lowest BCUT2D eigenvalue weighted by molar-refractivity contribution is -0.137. The van der Waals surface area contributed by atoms with Gasteiger partial charge in [0.15, 0.2) is 11.6 Å². The number of nitrogens with two attached hydrogens (primary N) is 1. The predicted octanol–water partition coefficient (Wildman–Crippen LogP) is 5.21. The van der Waals surface area contributed by atoms with Crippen molar-refractivity contribution in [3.8, 4) is 23.0 Å². The standard InChI is InChI=1S/C29H30ClF6N7O2/c1-14-9-16(37)39-22(19(14)29(34,35)36)17-20(30)24-18-23(21(17)31)40-26(41-25(18)43(7-8-44-24)15-3-5-38-10-15)45-13-27-4-2-6-42(27)12-28(32,33)11-27/h9,15,38H,2-8,10-13H2,1H3,(H2,37,39)/t15?,27-/m1/s1. The number of nitrogen functional groups attached to an aromatic ring is 1. The van der Waals surface area contributed by atoms with E-state index in [1.807, 2.05) is 4.90 Å². The lowest BCUT2D eigenvalue weighted by Gasteiger charge is -2.31. The number of hydrogen-bond acceptors (Lipinski definition) is 9. The van der Waals surface area contributed by atoms with Crippen LogP contribution < -0.4 is 25.4 Å². The van der Waals surface area contributed by atoms with Crippen LogP contribution in [0.1, 0.15) is 36.8 Å². The number of hydrogen-bond donors (Lipinski definition) is 2. The molecule has 6 heterocycles. The van der Waals surface area contributed by atoms with Crippen molar-refractivity contribution in [2.75, 3.05) is 56.6 Å². The molecule has 4 aliphatic heterocycles. The van der Waals surface area contributed by atoms with Crippen LogP contribution in [0.15, 0.2) is 6.07 Å². The Kier molecular flexibility index (Phi) is 7.17. The highest BCUT2D eigenvalue weighted by Gasteiger charge is 2.57. The molecule has 1 unspecified atom stereocenters. The summed E-state index contributed by atoms with van der Waals surface area (Å²) in [5.74, 6) is -4.21. The molecule has 0 aliphatic carbocycles. The third-order valence-corrected chi connectivity index (χ3v) is 9.61. The third-order valence-electron chi connectivity index (χ3n) is 9.25. The second kappa shape index (κ2) is 10.6. The van der Waals surface area contributed by atoms with Crippen molar-refractivity contribution in [3.63, 3.8) is 0 Å². The molecule has 16 heteroatoms. The molecule has 2 atom stereocenters. The van der Waals surface area contributed by atoms with E-state index in [-0.39, 0.29) is 60.1 Å². The van der Waals surface area contributed by atoms with Gasteiger partial charge in [0.05, 0.1) is 45.9 Å². The van der Waals surface area contributed by atoms with Crippen LogP contribution in [-0.4, -0.2) is 83.3 Å². The van der Waals surface area contributed by atoms with Crippen molar-refractivity contribution in [1.82, 2.24) is 25.2 Å². The second-order valence-corrected chi connectivity index (χ2v) is 12.6. The number of halogens is 7. The molecule has 4 aliphatic rings. The summed E-state index contributed by atoms with van der Waals surface area (Å²) in [4.78, 5) is 16.5. The Morgan fingerprint density at radius 2 is 2.02 bits per heavy atom. The molecule has 9 nitrogen and oxygen atoms in total. The van der Waals surface area contributed by atoms with Crippen molar-refractivity contribution in [3.05, 3.63) is 28.0 Å². The molecule has 0 spiro atoms. The third kappa shape index (κ3) is 5.07. The Morgan fingerprint density at radius 3 is 2.76 bits per heavy atom. The molecular weight excluding hydrogens is 628 g/mol. The Balaban J connectivity index is 1.43. The highest BCUT2D eigenvalue weighted by Crippen LogP contribution is 2.51. The molecule has 0 bridgehead atoms. The van der Waals surface area contributed by atoms with Crippen LogP contribution >= 0.6 is 11.6 Å². The summed E-state index contributed by atoms with van der Waals surface area (Å²) in [5.41, 5.74) is 1.55. The van der Waals surface area contributed by atoms with E-state index in [9.17, 15) is 22.0 Å². The summed E-state index contributed by atoms with van der Waals surface area (Å²) in [7, 11) is 0. The van der Waals surface area contributed by atoms with Gasteiger partial charge in [0.2, 0.25) is 0 Å². The normalized spacial score (nSPS) is 24.6. The van der Waals surface area contributed by atoms with Gasteiger partial charge >= 0.3 is 12.2 Å². The minimum atomic E-state index is -4.92. The Hall–Kier alpha value is -3.30. The van der Waals surface area contributed by atoms with Gasteiger partial charge in [-0.25, -0.2) is 18.2 Å². The Morgan fingerprint density at radius 1 is 1.22 bits per heavy atom. The fraction of sp³-hybridized carbons (Fsp3) is 0.552. The van der Waals surface area contributed by atoms with E-state index in [4.69, 9.17) is 26.8 Å². The number of pyridine rings is 1. The van der Waals surface area contributed by atoms with Crippen molar-refractivity contribution in [1.29, 1.82) is 0 Å². The molecule has 45 heavy (non-hydrogen) atoms. The SMILES string of the molecule is Cc1cc(N)nc(-c2c(Cl)c3c4c(nc(OC[C@]56CCCN5CC(F)(F)C6)nc4c2F)N(C2CCNC2)CCO3)c1C(F)(F)F. The largest absolute Gasteiger partial charge is 0.489 e. The first kappa shape index (κ1) is 30.4. The maximum atomic E-state index is 16.8. The number of rotatable bonds is 5. The van der Waals surface area contributed by atoms with Crippen LogP contribution in [0.5, 0.6) is 11.8 Å². The summed E-state index contributed by atoms with van der Waals surface area (Å²) in [6.07, 6.45) is -3.38. The number of anilines is 2. The zero-order chi connectivity index (χ0) is 31.9. The fourth-order valence-electron chi connectivity index (χ4n) is 7.37. The van der Waals surface area contributed by atoms with Gasteiger partial charge in [-0.05, 0) is 50.9 Å². The first-order chi connectivity index (χ1) is 21.3. The van der Waals surface area contributed by atoms with E-state index in [1.54, 1.807) is 4.90 Å². The number of alkyl halides is 5. The minimum absolute atomic E-state index is 0.0611. The van der Waals surface area contributed by atoms with E-state index >= 15 is 4.39 Å². The van der Waals surface area contributed by atoms with E-state index in [0.29, 0.717) is 26.1 Å². The molecule has 3 N–H and O–H groups in total. The van der Waals surface area contributed by atoms with Crippen LogP contribution in [0, 0.1) is 12.7 Å².